The number of carbonyl (C=O) groups is 1. The Labute approximate surface area is 123 Å². The first-order valence-corrected chi connectivity index (χ1v) is 6.28. The summed E-state index contributed by atoms with van der Waals surface area (Å²) in [5.41, 5.74) is 0.118. The number of phenolic OH excluding ortho intramolecular Hbond substituents is 1. The molecule has 0 radical (unpaired) electrons. The highest BCUT2D eigenvalue weighted by atomic mass is 127. The van der Waals surface area contributed by atoms with Gasteiger partial charge in [-0.2, -0.15) is 8.78 Å². The number of rotatable bonds is 3. The zero-order valence-corrected chi connectivity index (χ0v) is 12.7. The lowest BCUT2D eigenvalue weighted by Gasteiger charge is -2.12. The topological polar surface area (TPSA) is 55.8 Å². The van der Waals surface area contributed by atoms with E-state index in [0.717, 1.165) is 6.07 Å². The van der Waals surface area contributed by atoms with E-state index in [2.05, 4.69) is 9.47 Å². The highest BCUT2D eigenvalue weighted by Crippen LogP contribution is 2.37. The number of ether oxygens (including phenoxy) is 2. The van der Waals surface area contributed by atoms with Gasteiger partial charge in [0.05, 0.1) is 16.2 Å². The summed E-state index contributed by atoms with van der Waals surface area (Å²) in [6.45, 7) is -3.04. The van der Waals surface area contributed by atoms with Crippen molar-refractivity contribution >= 4 is 51.2 Å². The normalized spacial score (nSPS) is 10.5. The van der Waals surface area contributed by atoms with Crippen molar-refractivity contribution in [3.8, 4) is 11.5 Å². The molecule has 0 spiro atoms. The van der Waals surface area contributed by atoms with E-state index in [1.807, 2.05) is 0 Å². The monoisotopic (exact) mass is 470 g/mol. The van der Waals surface area contributed by atoms with Gasteiger partial charge in [-0.05, 0) is 51.2 Å². The lowest BCUT2D eigenvalue weighted by Crippen LogP contribution is -2.09. The molecule has 1 aromatic rings. The van der Waals surface area contributed by atoms with Gasteiger partial charge in [0, 0.05) is 3.57 Å². The van der Waals surface area contributed by atoms with Crippen molar-refractivity contribution in [3.63, 3.8) is 0 Å². The minimum Gasteiger partial charge on any atom is -0.504 e. The Bertz CT molecular complexity index is 451. The van der Waals surface area contributed by atoms with E-state index in [-0.39, 0.29) is 14.9 Å². The van der Waals surface area contributed by atoms with E-state index in [1.54, 1.807) is 45.2 Å². The Kier molecular flexibility index (Phi) is 5.16. The Balaban J connectivity index is 3.31. The third kappa shape index (κ3) is 3.30. The van der Waals surface area contributed by atoms with Gasteiger partial charge in [0.25, 0.3) is 0 Å². The van der Waals surface area contributed by atoms with Gasteiger partial charge in [-0.1, -0.05) is 0 Å². The summed E-state index contributed by atoms with van der Waals surface area (Å²) in [5.74, 6) is -1.54. The third-order valence-electron chi connectivity index (χ3n) is 1.76. The van der Waals surface area contributed by atoms with Crippen molar-refractivity contribution < 1.29 is 28.2 Å². The lowest BCUT2D eigenvalue weighted by atomic mass is 10.2. The Hall–Kier alpha value is -0.390. The summed E-state index contributed by atoms with van der Waals surface area (Å²) >= 11 is 3.43. The molecule has 0 unspecified atom stereocenters. The van der Waals surface area contributed by atoms with Gasteiger partial charge in [0.1, 0.15) is 0 Å². The molecule has 94 valence electrons. The van der Waals surface area contributed by atoms with Crippen LogP contribution in [0.2, 0.25) is 0 Å². The van der Waals surface area contributed by atoms with Crippen LogP contribution in [0.4, 0.5) is 8.78 Å². The van der Waals surface area contributed by atoms with Gasteiger partial charge in [-0.3, -0.25) is 0 Å². The number of esters is 1. The predicted molar refractivity (Wildman–Crippen MR) is 71.5 cm³/mol. The number of carbonyl (C=O) groups excluding carboxylic acids is 1. The lowest BCUT2D eigenvalue weighted by molar-refractivity contribution is -0.0513. The van der Waals surface area contributed by atoms with E-state index >= 15 is 0 Å². The standard InChI is InChI=1S/C9H6F2I2O4/c1-16-8(15)5-3(12)2-4(17-9(10)11)7(14)6(5)13/h2,9,14H,1H3. The molecule has 0 amide bonds. The molecule has 8 heteroatoms. The molecule has 0 aliphatic carbocycles. The summed E-state index contributed by atoms with van der Waals surface area (Å²) < 4.78 is 33.2. The molecule has 0 aliphatic rings. The van der Waals surface area contributed by atoms with Crippen molar-refractivity contribution in [1.82, 2.24) is 0 Å². The molecule has 0 saturated carbocycles. The average Bonchev–Trinajstić information content (AvgIpc) is 2.24. The van der Waals surface area contributed by atoms with Crippen LogP contribution in [0.25, 0.3) is 0 Å². The van der Waals surface area contributed by atoms with Crippen LogP contribution >= 0.6 is 45.2 Å². The smallest absolute Gasteiger partial charge is 0.387 e. The summed E-state index contributed by atoms with van der Waals surface area (Å²) in [5, 5.41) is 9.62. The summed E-state index contributed by atoms with van der Waals surface area (Å²) in [4.78, 5) is 11.4. The molecular weight excluding hydrogens is 464 g/mol. The first kappa shape index (κ1) is 14.7. The maximum absolute atomic E-state index is 12.1. The number of alkyl halides is 2. The Morgan fingerprint density at radius 3 is 2.53 bits per heavy atom. The molecule has 0 bridgehead atoms. The molecule has 0 aromatic heterocycles. The molecule has 17 heavy (non-hydrogen) atoms. The van der Waals surface area contributed by atoms with Gasteiger partial charge in [0.2, 0.25) is 0 Å². The molecule has 0 saturated heterocycles. The average molecular weight is 470 g/mol. The highest BCUT2D eigenvalue weighted by molar-refractivity contribution is 14.1. The second-order valence-corrected chi connectivity index (χ2v) is 5.01. The summed E-state index contributed by atoms with van der Waals surface area (Å²) in [6.07, 6.45) is 0. The second-order valence-electron chi connectivity index (χ2n) is 2.76. The van der Waals surface area contributed by atoms with Crippen LogP contribution < -0.4 is 4.74 Å². The number of benzene rings is 1. The molecule has 0 atom stereocenters. The van der Waals surface area contributed by atoms with E-state index in [1.165, 1.54) is 7.11 Å². The number of phenols is 1. The zero-order chi connectivity index (χ0) is 13.2. The molecule has 0 heterocycles. The van der Waals surface area contributed by atoms with E-state index < -0.39 is 18.3 Å². The first-order valence-electron chi connectivity index (χ1n) is 4.12. The molecule has 1 aromatic carbocycles. The summed E-state index contributed by atoms with van der Waals surface area (Å²) in [6, 6.07) is 1.15. The fourth-order valence-corrected chi connectivity index (χ4v) is 3.13. The Morgan fingerprint density at radius 2 is 2.06 bits per heavy atom. The minimum absolute atomic E-state index is 0.108. The maximum Gasteiger partial charge on any atom is 0.387 e. The van der Waals surface area contributed by atoms with Crippen molar-refractivity contribution in [2.24, 2.45) is 0 Å². The van der Waals surface area contributed by atoms with Gasteiger partial charge in [-0.25, -0.2) is 4.79 Å². The van der Waals surface area contributed by atoms with Crippen LogP contribution in [0.1, 0.15) is 10.4 Å². The number of aromatic hydroxyl groups is 1. The van der Waals surface area contributed by atoms with Crippen LogP contribution in [0.3, 0.4) is 0 Å². The van der Waals surface area contributed by atoms with Gasteiger partial charge in [-0.15, -0.1) is 0 Å². The SMILES string of the molecule is COC(=O)c1c(I)cc(OC(F)F)c(O)c1I. The van der Waals surface area contributed by atoms with Crippen LogP contribution in [-0.4, -0.2) is 24.8 Å². The van der Waals surface area contributed by atoms with Crippen LogP contribution in [-0.2, 0) is 4.74 Å². The number of hydrogen-bond acceptors (Lipinski definition) is 4. The minimum atomic E-state index is -3.04. The second kappa shape index (κ2) is 5.98. The number of halogens is 4. The molecule has 0 aliphatic heterocycles. The van der Waals surface area contributed by atoms with E-state index in [4.69, 9.17) is 0 Å². The molecule has 1 rings (SSSR count). The largest absolute Gasteiger partial charge is 0.504 e. The summed E-state index contributed by atoms with van der Waals surface area (Å²) in [7, 11) is 1.19. The molecule has 1 N–H and O–H groups in total. The van der Waals surface area contributed by atoms with Crippen LogP contribution in [0, 0.1) is 7.14 Å². The number of methoxy groups -OCH3 is 1. The van der Waals surface area contributed by atoms with Crippen LogP contribution in [0.5, 0.6) is 11.5 Å². The molecule has 0 fully saturated rings. The van der Waals surface area contributed by atoms with Crippen molar-refractivity contribution in [2.45, 2.75) is 6.61 Å². The van der Waals surface area contributed by atoms with E-state index in [0.29, 0.717) is 3.57 Å². The first-order chi connectivity index (χ1) is 7.88. The molecule has 4 nitrogen and oxygen atoms in total. The van der Waals surface area contributed by atoms with Crippen LogP contribution in [0.15, 0.2) is 6.07 Å². The maximum atomic E-state index is 12.1. The van der Waals surface area contributed by atoms with Crippen molar-refractivity contribution in [3.05, 3.63) is 18.8 Å². The predicted octanol–water partition coefficient (Wildman–Crippen LogP) is 2.99. The third-order valence-corrected chi connectivity index (χ3v) is 3.66. The molecular formula is C9H6F2I2O4. The fraction of sp³-hybridized carbons (Fsp3) is 0.222. The van der Waals surface area contributed by atoms with Crippen molar-refractivity contribution in [2.75, 3.05) is 7.11 Å². The highest BCUT2D eigenvalue weighted by Gasteiger charge is 2.22. The van der Waals surface area contributed by atoms with Gasteiger partial charge in [0.15, 0.2) is 11.5 Å². The number of hydrogen-bond donors (Lipinski definition) is 1. The zero-order valence-electron chi connectivity index (χ0n) is 8.34. The van der Waals surface area contributed by atoms with Crippen molar-refractivity contribution in [1.29, 1.82) is 0 Å². The fourth-order valence-electron chi connectivity index (χ4n) is 1.06. The Morgan fingerprint density at radius 1 is 1.47 bits per heavy atom. The quantitative estimate of drug-likeness (QED) is 0.546. The van der Waals surface area contributed by atoms with Gasteiger partial charge >= 0.3 is 12.6 Å². The van der Waals surface area contributed by atoms with Gasteiger partial charge < -0.3 is 14.6 Å². The van der Waals surface area contributed by atoms with E-state index in [9.17, 15) is 18.7 Å².